The predicted octanol–water partition coefficient (Wildman–Crippen LogP) is 2.56. The number of pyridine rings is 1. The number of hydrogen-bond donors (Lipinski definition) is 1. The third kappa shape index (κ3) is 2.86. The fourth-order valence-electron chi connectivity index (χ4n) is 2.46. The van der Waals surface area contributed by atoms with E-state index >= 15 is 0 Å². The zero-order valence-corrected chi connectivity index (χ0v) is 13.2. The highest BCUT2D eigenvalue weighted by Crippen LogP contribution is 2.36. The maximum absolute atomic E-state index is 13.2. The number of nitrogens with zero attached hydrogens (tertiary/aromatic N) is 1. The minimum absolute atomic E-state index is 0.0359. The first kappa shape index (κ1) is 14.6. The van der Waals surface area contributed by atoms with Gasteiger partial charge in [-0.1, -0.05) is 40.2 Å². The van der Waals surface area contributed by atoms with Crippen LogP contribution in [0, 0.1) is 5.82 Å². The molecule has 0 spiro atoms. The van der Waals surface area contributed by atoms with Crippen molar-refractivity contribution in [3.63, 3.8) is 0 Å². The molecule has 2 atom stereocenters. The van der Waals surface area contributed by atoms with Crippen LogP contribution in [0.2, 0.25) is 0 Å². The van der Waals surface area contributed by atoms with Crippen LogP contribution in [0.15, 0.2) is 47.6 Å². The minimum atomic E-state index is -3.82. The lowest BCUT2D eigenvalue weighted by Crippen LogP contribution is -2.31. The van der Waals surface area contributed by atoms with Crippen LogP contribution in [0.3, 0.4) is 0 Å². The minimum Gasteiger partial charge on any atom is -0.260 e. The number of alkyl halides is 1. The summed E-state index contributed by atoms with van der Waals surface area (Å²) in [6, 6.07) is 8.24. The normalized spacial score (nSPS) is 21.2. The van der Waals surface area contributed by atoms with E-state index in [-0.39, 0.29) is 15.8 Å². The van der Waals surface area contributed by atoms with Crippen molar-refractivity contribution in [2.45, 2.75) is 22.2 Å². The van der Waals surface area contributed by atoms with Crippen LogP contribution in [0.5, 0.6) is 0 Å². The van der Waals surface area contributed by atoms with E-state index < -0.39 is 15.8 Å². The van der Waals surface area contributed by atoms with Crippen LogP contribution in [-0.4, -0.2) is 18.2 Å². The Balaban J connectivity index is 1.93. The van der Waals surface area contributed by atoms with Gasteiger partial charge in [0.1, 0.15) is 10.7 Å². The molecule has 7 heteroatoms. The highest BCUT2D eigenvalue weighted by molar-refractivity contribution is 9.09. The van der Waals surface area contributed by atoms with Gasteiger partial charge < -0.3 is 0 Å². The van der Waals surface area contributed by atoms with Gasteiger partial charge in [-0.15, -0.1) is 0 Å². The molecule has 0 radical (unpaired) electrons. The summed E-state index contributed by atoms with van der Waals surface area (Å²) in [5, 5.41) is 0. The topological polar surface area (TPSA) is 59.1 Å². The Labute approximate surface area is 130 Å². The molecule has 1 aliphatic carbocycles. The molecule has 3 rings (SSSR count). The quantitative estimate of drug-likeness (QED) is 0.844. The zero-order chi connectivity index (χ0) is 15.0. The number of hydrogen-bond acceptors (Lipinski definition) is 3. The van der Waals surface area contributed by atoms with Gasteiger partial charge in [-0.2, -0.15) is 0 Å². The molecular weight excluding hydrogens is 359 g/mol. The molecule has 1 aromatic heterocycles. The van der Waals surface area contributed by atoms with E-state index in [1.807, 2.05) is 24.3 Å². The molecule has 1 N–H and O–H groups in total. The summed E-state index contributed by atoms with van der Waals surface area (Å²) in [5.41, 5.74) is 2.04. The molecule has 110 valence electrons. The van der Waals surface area contributed by atoms with E-state index in [9.17, 15) is 12.8 Å². The summed E-state index contributed by atoms with van der Waals surface area (Å²) in [7, 11) is -3.82. The van der Waals surface area contributed by atoms with E-state index in [2.05, 4.69) is 25.6 Å². The third-order valence-corrected chi connectivity index (χ3v) is 5.70. The molecule has 21 heavy (non-hydrogen) atoms. The number of fused-ring (bicyclic) bond motifs is 1. The number of benzene rings is 1. The highest BCUT2D eigenvalue weighted by atomic mass is 79.9. The van der Waals surface area contributed by atoms with Crippen molar-refractivity contribution in [2.24, 2.45) is 0 Å². The lowest BCUT2D eigenvalue weighted by Gasteiger charge is -2.17. The average molecular weight is 371 g/mol. The van der Waals surface area contributed by atoms with Gasteiger partial charge >= 0.3 is 0 Å². The lowest BCUT2D eigenvalue weighted by atomic mass is 10.1. The summed E-state index contributed by atoms with van der Waals surface area (Å²) < 4.78 is 40.5. The van der Waals surface area contributed by atoms with Gasteiger partial charge in [-0.3, -0.25) is 4.98 Å². The van der Waals surface area contributed by atoms with Crippen LogP contribution in [0.25, 0.3) is 0 Å². The second-order valence-electron chi connectivity index (χ2n) is 4.86. The van der Waals surface area contributed by atoms with Gasteiger partial charge in [0.05, 0.1) is 12.2 Å². The van der Waals surface area contributed by atoms with Crippen LogP contribution >= 0.6 is 15.9 Å². The Morgan fingerprint density at radius 1 is 1.29 bits per heavy atom. The fourth-order valence-corrected chi connectivity index (χ4v) is 4.63. The van der Waals surface area contributed by atoms with Crippen molar-refractivity contribution in [3.05, 3.63) is 59.7 Å². The number of aromatic nitrogens is 1. The van der Waals surface area contributed by atoms with Gasteiger partial charge in [0.2, 0.25) is 10.0 Å². The highest BCUT2D eigenvalue weighted by Gasteiger charge is 2.34. The molecule has 0 aliphatic heterocycles. The number of halogens is 2. The Hall–Kier alpha value is -1.31. The first-order valence-electron chi connectivity index (χ1n) is 6.32. The smallest absolute Gasteiger partial charge is 0.242 e. The molecule has 2 aromatic rings. The van der Waals surface area contributed by atoms with Crippen molar-refractivity contribution in [1.29, 1.82) is 0 Å². The molecular formula is C14H12BrFN2O2S. The average Bonchev–Trinajstić information content (AvgIpc) is 2.75. The fraction of sp³-hybridized carbons (Fsp3) is 0.214. The maximum Gasteiger partial charge on any atom is 0.242 e. The lowest BCUT2D eigenvalue weighted by molar-refractivity contribution is 0.555. The zero-order valence-electron chi connectivity index (χ0n) is 10.8. The molecule has 1 aliphatic rings. The molecule has 0 saturated heterocycles. The first-order valence-corrected chi connectivity index (χ1v) is 8.72. The second-order valence-corrected chi connectivity index (χ2v) is 7.75. The summed E-state index contributed by atoms with van der Waals surface area (Å²) in [4.78, 5) is 3.37. The van der Waals surface area contributed by atoms with Crippen molar-refractivity contribution in [1.82, 2.24) is 9.71 Å². The van der Waals surface area contributed by atoms with E-state index in [0.717, 1.165) is 36.0 Å². The van der Waals surface area contributed by atoms with Crippen LogP contribution in [0.1, 0.15) is 17.2 Å². The monoisotopic (exact) mass is 370 g/mol. The van der Waals surface area contributed by atoms with E-state index in [1.54, 1.807) is 0 Å². The molecule has 0 saturated carbocycles. The van der Waals surface area contributed by atoms with Crippen molar-refractivity contribution in [2.75, 3.05) is 0 Å². The van der Waals surface area contributed by atoms with Gasteiger partial charge in [-0.25, -0.2) is 17.5 Å². The molecule has 1 heterocycles. The standard InChI is InChI=1S/C14H12BrFN2O2S/c15-13-5-9-3-1-2-4-12(9)14(13)18-21(19,20)11-6-10(16)7-17-8-11/h1-4,6-8,13-14,18H,5H2. The molecule has 0 fully saturated rings. The molecule has 0 amide bonds. The van der Waals surface area contributed by atoms with E-state index in [4.69, 9.17) is 0 Å². The maximum atomic E-state index is 13.2. The first-order chi connectivity index (χ1) is 9.97. The SMILES string of the molecule is O=S(=O)(NC1c2ccccc2CC1Br)c1cncc(F)c1. The van der Waals surface area contributed by atoms with Crippen molar-refractivity contribution < 1.29 is 12.8 Å². The Kier molecular flexibility index (Phi) is 3.81. The summed E-state index contributed by atoms with van der Waals surface area (Å²) in [5.74, 6) is -0.680. The Morgan fingerprint density at radius 3 is 2.81 bits per heavy atom. The van der Waals surface area contributed by atoms with Gasteiger partial charge in [0.25, 0.3) is 0 Å². The summed E-state index contributed by atoms with van der Waals surface area (Å²) >= 11 is 3.51. The largest absolute Gasteiger partial charge is 0.260 e. The number of rotatable bonds is 3. The summed E-state index contributed by atoms with van der Waals surface area (Å²) in [6.07, 6.45) is 2.84. The van der Waals surface area contributed by atoms with Crippen LogP contribution in [0.4, 0.5) is 4.39 Å². The summed E-state index contributed by atoms with van der Waals surface area (Å²) in [6.45, 7) is 0. The van der Waals surface area contributed by atoms with Gasteiger partial charge in [-0.05, 0) is 23.6 Å². The molecule has 0 bridgehead atoms. The molecule has 4 nitrogen and oxygen atoms in total. The van der Waals surface area contributed by atoms with Crippen LogP contribution in [-0.2, 0) is 16.4 Å². The Morgan fingerprint density at radius 2 is 2.05 bits per heavy atom. The molecule has 2 unspecified atom stereocenters. The van der Waals surface area contributed by atoms with Crippen molar-refractivity contribution >= 4 is 26.0 Å². The van der Waals surface area contributed by atoms with E-state index in [1.165, 1.54) is 0 Å². The van der Waals surface area contributed by atoms with Gasteiger partial charge in [0.15, 0.2) is 0 Å². The third-order valence-electron chi connectivity index (χ3n) is 3.44. The predicted molar refractivity (Wildman–Crippen MR) is 80.1 cm³/mol. The number of sulfonamides is 1. The Bertz CT molecular complexity index is 782. The number of nitrogens with one attached hydrogen (secondary N) is 1. The van der Waals surface area contributed by atoms with E-state index in [0.29, 0.717) is 0 Å². The molecule has 1 aromatic carbocycles. The van der Waals surface area contributed by atoms with Crippen LogP contribution < -0.4 is 4.72 Å². The van der Waals surface area contributed by atoms with Gasteiger partial charge in [0, 0.05) is 11.0 Å². The second kappa shape index (κ2) is 5.47. The van der Waals surface area contributed by atoms with Crippen molar-refractivity contribution in [3.8, 4) is 0 Å².